The second-order valence-electron chi connectivity index (χ2n) is 7.64. The fourth-order valence-corrected chi connectivity index (χ4v) is 3.85. The van der Waals surface area contributed by atoms with Gasteiger partial charge in [0.15, 0.2) is 0 Å². The number of nitrogens with zero attached hydrogens (tertiary/aromatic N) is 3. The Balaban J connectivity index is 1.60. The summed E-state index contributed by atoms with van der Waals surface area (Å²) >= 11 is 9.37. The number of fused-ring (bicyclic) bond motifs is 1. The molecule has 0 saturated heterocycles. The van der Waals surface area contributed by atoms with E-state index in [2.05, 4.69) is 28.0 Å². The maximum atomic E-state index is 13.2. The molecule has 33 heavy (non-hydrogen) atoms. The molecule has 0 amide bonds. The van der Waals surface area contributed by atoms with Gasteiger partial charge in [0, 0.05) is 15.9 Å². The summed E-state index contributed by atoms with van der Waals surface area (Å²) in [5.41, 5.74) is 2.35. The predicted molar refractivity (Wildman–Crippen MR) is 138 cm³/mol. The number of unbranched alkanes of at least 4 members (excludes halogenated alkanes) is 1. The standard InChI is InChI=1S/C26H23BrClN3O2/c1-2-3-7-25-30-24-13-10-20(27)15-23(24)26(32)31(25)29-16-19-5-4-6-22(14-19)33-17-18-8-11-21(28)12-9-18/h4-6,8-16H,2-3,7,17H2,1H3. The molecule has 168 valence electrons. The topological polar surface area (TPSA) is 56.5 Å². The lowest BCUT2D eigenvalue weighted by Crippen LogP contribution is -2.22. The van der Waals surface area contributed by atoms with Crippen molar-refractivity contribution in [3.8, 4) is 5.75 Å². The van der Waals surface area contributed by atoms with Crippen LogP contribution < -0.4 is 10.3 Å². The molecule has 0 aliphatic heterocycles. The highest BCUT2D eigenvalue weighted by atomic mass is 79.9. The Morgan fingerprint density at radius 1 is 1.12 bits per heavy atom. The van der Waals surface area contributed by atoms with Gasteiger partial charge >= 0.3 is 0 Å². The molecule has 0 radical (unpaired) electrons. The smallest absolute Gasteiger partial charge is 0.282 e. The third-order valence-electron chi connectivity index (χ3n) is 5.13. The van der Waals surface area contributed by atoms with Crippen LogP contribution in [0.3, 0.4) is 0 Å². The van der Waals surface area contributed by atoms with E-state index in [4.69, 9.17) is 21.3 Å². The zero-order chi connectivity index (χ0) is 23.2. The number of rotatable bonds is 8. The van der Waals surface area contributed by atoms with Crippen molar-refractivity contribution in [2.75, 3.05) is 0 Å². The summed E-state index contributed by atoms with van der Waals surface area (Å²) in [6.07, 6.45) is 4.28. The minimum atomic E-state index is -0.182. The zero-order valence-electron chi connectivity index (χ0n) is 18.2. The maximum absolute atomic E-state index is 13.2. The van der Waals surface area contributed by atoms with Crippen LogP contribution in [-0.4, -0.2) is 15.9 Å². The van der Waals surface area contributed by atoms with Crippen molar-refractivity contribution in [3.05, 3.63) is 104 Å². The van der Waals surface area contributed by atoms with Crippen molar-refractivity contribution in [1.29, 1.82) is 0 Å². The van der Waals surface area contributed by atoms with Gasteiger partial charge < -0.3 is 4.74 Å². The van der Waals surface area contributed by atoms with E-state index in [9.17, 15) is 4.79 Å². The van der Waals surface area contributed by atoms with Crippen LogP contribution >= 0.6 is 27.5 Å². The fourth-order valence-electron chi connectivity index (χ4n) is 3.37. The Bertz CT molecular complexity index is 1350. The number of halogens is 2. The average Bonchev–Trinajstić information content (AvgIpc) is 2.82. The number of hydrogen-bond donors (Lipinski definition) is 0. The highest BCUT2D eigenvalue weighted by Gasteiger charge is 2.11. The first-order valence-corrected chi connectivity index (χ1v) is 11.9. The van der Waals surface area contributed by atoms with E-state index in [1.54, 1.807) is 12.3 Å². The van der Waals surface area contributed by atoms with E-state index < -0.39 is 0 Å². The van der Waals surface area contributed by atoms with Gasteiger partial charge in [0.25, 0.3) is 5.56 Å². The van der Waals surface area contributed by atoms with Crippen molar-refractivity contribution < 1.29 is 4.74 Å². The molecular weight excluding hydrogens is 502 g/mol. The van der Waals surface area contributed by atoms with Crippen LogP contribution in [0, 0.1) is 0 Å². The van der Waals surface area contributed by atoms with E-state index in [-0.39, 0.29) is 5.56 Å². The summed E-state index contributed by atoms with van der Waals surface area (Å²) in [6, 6.07) is 20.7. The molecule has 1 heterocycles. The van der Waals surface area contributed by atoms with Crippen LogP contribution in [0.5, 0.6) is 5.75 Å². The molecule has 7 heteroatoms. The van der Waals surface area contributed by atoms with Crippen LogP contribution in [0.25, 0.3) is 10.9 Å². The van der Waals surface area contributed by atoms with E-state index in [0.29, 0.717) is 40.5 Å². The molecule has 0 unspecified atom stereocenters. The number of ether oxygens (including phenoxy) is 1. The number of benzene rings is 3. The summed E-state index contributed by atoms with van der Waals surface area (Å²) in [7, 11) is 0. The summed E-state index contributed by atoms with van der Waals surface area (Å²) in [5.74, 6) is 1.37. The van der Waals surface area contributed by atoms with Crippen LogP contribution in [0.4, 0.5) is 0 Å². The fraction of sp³-hybridized carbons (Fsp3) is 0.192. The SMILES string of the molecule is CCCCc1nc2ccc(Br)cc2c(=O)n1N=Cc1cccc(OCc2ccc(Cl)cc2)c1. The highest BCUT2D eigenvalue weighted by Crippen LogP contribution is 2.18. The zero-order valence-corrected chi connectivity index (χ0v) is 20.5. The molecule has 5 nitrogen and oxygen atoms in total. The summed E-state index contributed by atoms with van der Waals surface area (Å²) in [5, 5.41) is 5.73. The van der Waals surface area contributed by atoms with Crippen molar-refractivity contribution in [2.24, 2.45) is 5.10 Å². The number of aryl methyl sites for hydroxylation is 1. The van der Waals surface area contributed by atoms with Gasteiger partial charge in [-0.05, 0) is 60.0 Å². The van der Waals surface area contributed by atoms with Crippen molar-refractivity contribution >= 4 is 44.6 Å². The third-order valence-corrected chi connectivity index (χ3v) is 5.87. The minimum absolute atomic E-state index is 0.182. The predicted octanol–water partition coefficient (Wildman–Crippen LogP) is 6.62. The molecular formula is C26H23BrClN3O2. The number of aromatic nitrogens is 2. The Morgan fingerprint density at radius 2 is 1.94 bits per heavy atom. The maximum Gasteiger partial charge on any atom is 0.282 e. The minimum Gasteiger partial charge on any atom is -0.489 e. The van der Waals surface area contributed by atoms with Gasteiger partial charge in [-0.2, -0.15) is 9.78 Å². The lowest BCUT2D eigenvalue weighted by atomic mass is 10.2. The van der Waals surface area contributed by atoms with Gasteiger partial charge in [-0.15, -0.1) is 0 Å². The van der Waals surface area contributed by atoms with E-state index in [0.717, 1.165) is 28.4 Å². The lowest BCUT2D eigenvalue weighted by Gasteiger charge is -2.09. The van der Waals surface area contributed by atoms with Crippen LogP contribution in [0.15, 0.2) is 81.1 Å². The molecule has 4 rings (SSSR count). The van der Waals surface area contributed by atoms with E-state index in [1.807, 2.05) is 60.7 Å². The van der Waals surface area contributed by atoms with Gasteiger partial charge in [0.05, 0.1) is 17.1 Å². The van der Waals surface area contributed by atoms with E-state index in [1.165, 1.54) is 4.68 Å². The van der Waals surface area contributed by atoms with Gasteiger partial charge in [-0.1, -0.05) is 65.1 Å². The van der Waals surface area contributed by atoms with E-state index >= 15 is 0 Å². The monoisotopic (exact) mass is 523 g/mol. The first kappa shape index (κ1) is 23.2. The second-order valence-corrected chi connectivity index (χ2v) is 8.99. The first-order valence-electron chi connectivity index (χ1n) is 10.8. The molecule has 4 aromatic rings. The normalized spacial score (nSPS) is 11.4. The highest BCUT2D eigenvalue weighted by molar-refractivity contribution is 9.10. The quantitative estimate of drug-likeness (QED) is 0.244. The average molecular weight is 525 g/mol. The third kappa shape index (κ3) is 5.89. The Kier molecular flexibility index (Phi) is 7.57. The first-order chi connectivity index (χ1) is 16.0. The second kappa shape index (κ2) is 10.8. The number of hydrogen-bond acceptors (Lipinski definition) is 4. The molecule has 0 aliphatic carbocycles. The van der Waals surface area contributed by atoms with Crippen molar-refractivity contribution in [1.82, 2.24) is 9.66 Å². The lowest BCUT2D eigenvalue weighted by molar-refractivity contribution is 0.306. The van der Waals surface area contributed by atoms with Gasteiger partial charge in [-0.25, -0.2) is 4.98 Å². The molecule has 0 atom stereocenters. The largest absolute Gasteiger partial charge is 0.489 e. The van der Waals surface area contributed by atoms with Gasteiger partial charge in [0.2, 0.25) is 0 Å². The Hall–Kier alpha value is -2.96. The van der Waals surface area contributed by atoms with Crippen molar-refractivity contribution in [2.45, 2.75) is 32.8 Å². The molecule has 0 bridgehead atoms. The van der Waals surface area contributed by atoms with Crippen molar-refractivity contribution in [3.63, 3.8) is 0 Å². The van der Waals surface area contributed by atoms with Crippen LogP contribution in [0.1, 0.15) is 36.7 Å². The summed E-state index contributed by atoms with van der Waals surface area (Å²) < 4.78 is 8.14. The van der Waals surface area contributed by atoms with Gasteiger partial charge in [0.1, 0.15) is 18.2 Å². The molecule has 0 aliphatic rings. The summed E-state index contributed by atoms with van der Waals surface area (Å²) in [4.78, 5) is 17.9. The molecule has 0 spiro atoms. The van der Waals surface area contributed by atoms with Crippen LogP contribution in [-0.2, 0) is 13.0 Å². The Labute approximate surface area is 205 Å². The van der Waals surface area contributed by atoms with Gasteiger partial charge in [-0.3, -0.25) is 4.79 Å². The molecule has 1 aromatic heterocycles. The molecule has 3 aromatic carbocycles. The van der Waals surface area contributed by atoms with Crippen LogP contribution in [0.2, 0.25) is 5.02 Å². The molecule has 0 fully saturated rings. The Morgan fingerprint density at radius 3 is 2.73 bits per heavy atom. The molecule has 0 saturated carbocycles. The molecule has 0 N–H and O–H groups in total. The summed E-state index contributed by atoms with van der Waals surface area (Å²) in [6.45, 7) is 2.54.